The topological polar surface area (TPSA) is 95.5 Å². The first-order valence-corrected chi connectivity index (χ1v) is 13.4. The first kappa shape index (κ1) is 25.3. The van der Waals surface area contributed by atoms with Crippen LogP contribution in [0.4, 0.5) is 4.79 Å². The molecule has 2 saturated heterocycles. The first-order chi connectivity index (χ1) is 16.8. The van der Waals surface area contributed by atoms with E-state index in [1.165, 1.54) is 4.90 Å². The summed E-state index contributed by atoms with van der Waals surface area (Å²) in [6, 6.07) is 5.15. The lowest BCUT2D eigenvalue weighted by atomic mass is 9.73. The fourth-order valence-corrected chi connectivity index (χ4v) is 5.96. The summed E-state index contributed by atoms with van der Waals surface area (Å²) < 4.78 is 0. The summed E-state index contributed by atoms with van der Waals surface area (Å²) in [7, 11) is 0. The highest BCUT2D eigenvalue weighted by Gasteiger charge is 2.55. The van der Waals surface area contributed by atoms with Gasteiger partial charge in [-0.05, 0) is 63.0 Å². The van der Waals surface area contributed by atoms with E-state index in [1.54, 1.807) is 17.5 Å². The van der Waals surface area contributed by atoms with Crippen molar-refractivity contribution in [3.8, 4) is 0 Å². The number of hydrogen-bond donors (Lipinski definition) is 1. The average molecular weight is 498 g/mol. The van der Waals surface area contributed by atoms with Crippen LogP contribution in [-0.2, 0) is 22.6 Å². The van der Waals surface area contributed by atoms with Gasteiger partial charge in [0.1, 0.15) is 5.54 Å². The molecule has 4 amide bonds. The van der Waals surface area contributed by atoms with Crippen LogP contribution in [0.3, 0.4) is 0 Å². The molecule has 1 atom stereocenters. The molecule has 0 bridgehead atoms. The van der Waals surface area contributed by atoms with Crippen LogP contribution in [0.1, 0.15) is 62.2 Å². The zero-order valence-electron chi connectivity index (χ0n) is 20.8. The molecule has 0 aromatic carbocycles. The van der Waals surface area contributed by atoms with E-state index in [1.807, 2.05) is 35.5 Å². The summed E-state index contributed by atoms with van der Waals surface area (Å²) in [5.74, 6) is 0.405. The Balaban J connectivity index is 1.43. The quantitative estimate of drug-likeness (QED) is 0.530. The molecule has 1 N–H and O–H groups in total. The number of nitrogens with zero attached hydrogens (tertiary/aromatic N) is 4. The molecule has 4 heterocycles. The Morgan fingerprint density at radius 1 is 1.23 bits per heavy atom. The van der Waals surface area contributed by atoms with E-state index >= 15 is 0 Å². The zero-order valence-corrected chi connectivity index (χ0v) is 21.6. The molecule has 2 aliphatic rings. The van der Waals surface area contributed by atoms with Gasteiger partial charge < -0.3 is 10.2 Å². The number of nitrogens with one attached hydrogen (secondary N) is 1. The van der Waals surface area contributed by atoms with Gasteiger partial charge in [0.2, 0.25) is 5.91 Å². The highest BCUT2D eigenvalue weighted by Crippen LogP contribution is 2.38. The van der Waals surface area contributed by atoms with Crippen molar-refractivity contribution in [1.29, 1.82) is 0 Å². The monoisotopic (exact) mass is 497 g/mol. The lowest BCUT2D eigenvalue weighted by molar-refractivity contribution is -0.136. The fourth-order valence-electron chi connectivity index (χ4n) is 5.18. The van der Waals surface area contributed by atoms with Gasteiger partial charge in [-0.3, -0.25) is 19.5 Å². The maximum absolute atomic E-state index is 13.8. The Labute approximate surface area is 211 Å². The number of aromatic nitrogens is 2. The third-order valence-corrected chi connectivity index (χ3v) is 8.31. The smallest absolute Gasteiger partial charge is 0.325 e. The number of piperidine rings is 1. The largest absolute Gasteiger partial charge is 0.343 e. The molecule has 0 unspecified atom stereocenters. The molecule has 2 fully saturated rings. The summed E-state index contributed by atoms with van der Waals surface area (Å²) >= 11 is 1.59. The van der Waals surface area contributed by atoms with Gasteiger partial charge in [0.25, 0.3) is 5.91 Å². The molecule has 9 heteroatoms. The van der Waals surface area contributed by atoms with Crippen LogP contribution in [0.25, 0.3) is 0 Å². The third-order valence-electron chi connectivity index (χ3n) is 7.32. The second-order valence-electron chi connectivity index (χ2n) is 10.1. The number of aryl methyl sites for hydroxylation is 2. The Morgan fingerprint density at radius 3 is 2.63 bits per heavy atom. The molecular formula is C26H35N5O3S. The third kappa shape index (κ3) is 5.55. The second kappa shape index (κ2) is 10.8. The highest BCUT2D eigenvalue weighted by atomic mass is 32.1. The Bertz CT molecular complexity index is 1050. The molecule has 0 saturated carbocycles. The normalized spacial score (nSPS) is 21.1. The first-order valence-electron chi connectivity index (χ1n) is 12.5. The van der Waals surface area contributed by atoms with Crippen LogP contribution in [0.15, 0.2) is 29.9 Å². The van der Waals surface area contributed by atoms with Gasteiger partial charge in [0.15, 0.2) is 0 Å². The number of carbonyl (C=O) groups is 3. The Kier molecular flexibility index (Phi) is 7.84. The van der Waals surface area contributed by atoms with Gasteiger partial charge in [-0.2, -0.15) is 0 Å². The molecule has 2 aliphatic heterocycles. The van der Waals surface area contributed by atoms with Crippen LogP contribution in [-0.4, -0.2) is 56.2 Å². The fraction of sp³-hybridized carbons (Fsp3) is 0.577. The number of thiazole rings is 1. The van der Waals surface area contributed by atoms with Crippen LogP contribution in [0.5, 0.6) is 0 Å². The lowest BCUT2D eigenvalue weighted by Crippen LogP contribution is -2.56. The van der Waals surface area contributed by atoms with Crippen molar-refractivity contribution in [2.24, 2.45) is 11.8 Å². The van der Waals surface area contributed by atoms with Crippen LogP contribution >= 0.6 is 11.3 Å². The SMILES string of the molecule is Cc1ncsc1CCC(=O)N1CCC([C@@]2(CCC(C)C)NC(=O)N(Cc3ccccn3)C2=O)CC1. The molecule has 188 valence electrons. The number of hydrogen-bond acceptors (Lipinski definition) is 6. The van der Waals surface area contributed by atoms with Gasteiger partial charge in [-0.25, -0.2) is 9.78 Å². The van der Waals surface area contributed by atoms with E-state index in [0.717, 1.165) is 17.0 Å². The number of amides is 4. The molecule has 8 nitrogen and oxygen atoms in total. The molecule has 0 spiro atoms. The Morgan fingerprint density at radius 2 is 2.00 bits per heavy atom. The summed E-state index contributed by atoms with van der Waals surface area (Å²) in [5, 5.41) is 3.11. The van der Waals surface area contributed by atoms with Gasteiger partial charge in [0.05, 0.1) is 23.4 Å². The van der Waals surface area contributed by atoms with Crippen molar-refractivity contribution in [2.45, 2.75) is 71.4 Å². The number of pyridine rings is 1. The minimum absolute atomic E-state index is 0.000719. The van der Waals surface area contributed by atoms with Gasteiger partial charge in [0, 0.05) is 30.6 Å². The summed E-state index contributed by atoms with van der Waals surface area (Å²) in [6.45, 7) is 7.63. The summed E-state index contributed by atoms with van der Waals surface area (Å²) in [5.41, 5.74) is 2.60. The van der Waals surface area contributed by atoms with Crippen molar-refractivity contribution in [1.82, 2.24) is 25.1 Å². The molecule has 0 radical (unpaired) electrons. The van der Waals surface area contributed by atoms with Crippen molar-refractivity contribution in [3.63, 3.8) is 0 Å². The van der Waals surface area contributed by atoms with E-state index in [9.17, 15) is 14.4 Å². The second-order valence-corrected chi connectivity index (χ2v) is 11.0. The molecule has 4 rings (SSSR count). The zero-order chi connectivity index (χ0) is 25.0. The lowest BCUT2D eigenvalue weighted by Gasteiger charge is -2.41. The number of urea groups is 1. The minimum atomic E-state index is -0.912. The molecular weight excluding hydrogens is 462 g/mol. The van der Waals surface area contributed by atoms with E-state index in [4.69, 9.17) is 0 Å². The van der Waals surface area contributed by atoms with E-state index < -0.39 is 5.54 Å². The predicted octanol–water partition coefficient (Wildman–Crippen LogP) is 3.94. The summed E-state index contributed by atoms with van der Waals surface area (Å²) in [4.78, 5) is 52.6. The van der Waals surface area contributed by atoms with E-state index in [2.05, 4.69) is 29.1 Å². The number of carbonyl (C=O) groups excluding carboxylic acids is 3. The molecule has 2 aromatic heterocycles. The van der Waals surface area contributed by atoms with Crippen molar-refractivity contribution >= 4 is 29.2 Å². The van der Waals surface area contributed by atoms with Crippen molar-refractivity contribution in [3.05, 3.63) is 46.2 Å². The summed E-state index contributed by atoms with van der Waals surface area (Å²) in [6.07, 6.45) is 5.71. The van der Waals surface area contributed by atoms with Crippen LogP contribution < -0.4 is 5.32 Å². The Hall–Kier alpha value is -2.81. The van der Waals surface area contributed by atoms with Crippen LogP contribution in [0.2, 0.25) is 0 Å². The molecule has 35 heavy (non-hydrogen) atoms. The maximum atomic E-state index is 13.8. The minimum Gasteiger partial charge on any atom is -0.343 e. The van der Waals surface area contributed by atoms with Crippen LogP contribution in [0, 0.1) is 18.8 Å². The van der Waals surface area contributed by atoms with Gasteiger partial charge in [-0.1, -0.05) is 19.9 Å². The van der Waals surface area contributed by atoms with Gasteiger partial charge >= 0.3 is 6.03 Å². The predicted molar refractivity (Wildman–Crippen MR) is 135 cm³/mol. The van der Waals surface area contributed by atoms with E-state index in [0.29, 0.717) is 56.8 Å². The van der Waals surface area contributed by atoms with E-state index in [-0.39, 0.29) is 30.3 Å². The van der Waals surface area contributed by atoms with Crippen molar-refractivity contribution < 1.29 is 14.4 Å². The standard InChI is InChI=1S/C26H35N5O3S/c1-18(2)9-12-26(24(33)31(25(34)29-26)16-21-6-4-5-13-27-21)20-10-14-30(15-11-20)23(32)8-7-22-19(3)28-17-35-22/h4-6,13,17-18,20H,7-12,14-16H2,1-3H3,(H,29,34)/t26-/m1/s1. The molecule has 0 aliphatic carbocycles. The average Bonchev–Trinajstić information content (AvgIpc) is 3.38. The van der Waals surface area contributed by atoms with Crippen molar-refractivity contribution in [2.75, 3.05) is 13.1 Å². The van der Waals surface area contributed by atoms with Gasteiger partial charge in [-0.15, -0.1) is 11.3 Å². The molecule has 2 aromatic rings. The number of likely N-dealkylation sites (tertiary alicyclic amines) is 1. The number of imide groups is 1. The number of rotatable bonds is 9. The highest BCUT2D eigenvalue weighted by molar-refractivity contribution is 7.09. The maximum Gasteiger partial charge on any atom is 0.325 e.